The summed E-state index contributed by atoms with van der Waals surface area (Å²) in [6.45, 7) is 1.34. The monoisotopic (exact) mass is 438 g/mol. The Morgan fingerprint density at radius 3 is 2.84 bits per heavy atom. The largest absolute Gasteiger partial charge is 0.471 e. The number of hydroxylamine groups is 2. The van der Waals surface area contributed by atoms with Crippen LogP contribution in [-0.4, -0.2) is 81.5 Å². The highest BCUT2D eigenvalue weighted by Gasteiger charge is 2.33. The number of hydrogen-bond acceptors (Lipinski definition) is 7. The molecule has 0 unspecified atom stereocenters. The van der Waals surface area contributed by atoms with E-state index in [0.717, 1.165) is 5.06 Å². The van der Waals surface area contributed by atoms with E-state index in [1.807, 2.05) is 6.92 Å². The van der Waals surface area contributed by atoms with Gasteiger partial charge in [0.25, 0.3) is 18.2 Å². The number of amides is 2. The first kappa shape index (κ1) is 22.5. The molecule has 0 bridgehead atoms. The van der Waals surface area contributed by atoms with Crippen LogP contribution in [0, 0.1) is 0 Å². The maximum atomic E-state index is 13.2. The fourth-order valence-corrected chi connectivity index (χ4v) is 3.32. The van der Waals surface area contributed by atoms with Gasteiger partial charge in [-0.15, -0.1) is 5.10 Å². The zero-order valence-electron chi connectivity index (χ0n) is 17.4. The molecule has 0 aromatic carbocycles. The summed E-state index contributed by atoms with van der Waals surface area (Å²) in [6, 6.07) is 2.70. The standard InChI is InChI=1S/C19H24F2N6O4/c1-12-6-7-13(27-23-9-15(24-27)19(29)25(2)30-3)10-26(12)18(28)14-5-4-8-22-17(14)31-11-16(20)21/h4-5,8-9,12-13,16H,6-7,10-11H2,1-3H3/t12-,13-/m1/s1. The van der Waals surface area contributed by atoms with Gasteiger partial charge in [0.2, 0.25) is 5.88 Å². The first-order valence-corrected chi connectivity index (χ1v) is 9.72. The van der Waals surface area contributed by atoms with E-state index in [0.29, 0.717) is 12.8 Å². The number of likely N-dealkylation sites (tertiary alicyclic amines) is 1. The van der Waals surface area contributed by atoms with E-state index < -0.39 is 18.9 Å². The van der Waals surface area contributed by atoms with Crippen molar-refractivity contribution in [1.29, 1.82) is 0 Å². The Morgan fingerprint density at radius 1 is 1.35 bits per heavy atom. The molecule has 0 N–H and O–H groups in total. The smallest absolute Gasteiger partial charge is 0.299 e. The van der Waals surface area contributed by atoms with E-state index in [1.165, 1.54) is 37.4 Å². The van der Waals surface area contributed by atoms with Crippen LogP contribution in [0.1, 0.15) is 46.7 Å². The number of piperidine rings is 1. The first-order chi connectivity index (χ1) is 14.8. The summed E-state index contributed by atoms with van der Waals surface area (Å²) in [5.41, 5.74) is 0.234. The summed E-state index contributed by atoms with van der Waals surface area (Å²) < 4.78 is 30.1. The average Bonchev–Trinajstić information content (AvgIpc) is 3.27. The lowest BCUT2D eigenvalue weighted by molar-refractivity contribution is -0.0761. The fraction of sp³-hybridized carbons (Fsp3) is 0.526. The summed E-state index contributed by atoms with van der Waals surface area (Å²) in [5.74, 6) is -0.950. The molecule has 12 heteroatoms. The van der Waals surface area contributed by atoms with Crippen LogP contribution in [0.15, 0.2) is 24.5 Å². The van der Waals surface area contributed by atoms with E-state index in [9.17, 15) is 18.4 Å². The van der Waals surface area contributed by atoms with Crippen LogP contribution >= 0.6 is 0 Å². The number of rotatable bonds is 7. The van der Waals surface area contributed by atoms with Gasteiger partial charge in [0.05, 0.1) is 19.3 Å². The molecule has 3 heterocycles. The van der Waals surface area contributed by atoms with E-state index >= 15 is 0 Å². The van der Waals surface area contributed by atoms with Gasteiger partial charge in [-0.05, 0) is 31.9 Å². The number of carbonyl (C=O) groups is 2. The van der Waals surface area contributed by atoms with Crippen molar-refractivity contribution >= 4 is 11.8 Å². The number of hydrogen-bond donors (Lipinski definition) is 0. The van der Waals surface area contributed by atoms with Gasteiger partial charge < -0.3 is 9.64 Å². The predicted molar refractivity (Wildman–Crippen MR) is 104 cm³/mol. The minimum atomic E-state index is -2.68. The van der Waals surface area contributed by atoms with Crippen molar-refractivity contribution in [3.8, 4) is 5.88 Å². The molecule has 3 rings (SSSR count). The van der Waals surface area contributed by atoms with Gasteiger partial charge in [0.1, 0.15) is 5.56 Å². The maximum Gasteiger partial charge on any atom is 0.299 e. The zero-order chi connectivity index (χ0) is 22.5. The number of halogens is 2. The number of ether oxygens (including phenoxy) is 1. The van der Waals surface area contributed by atoms with Gasteiger partial charge in [-0.25, -0.2) is 18.8 Å². The molecule has 1 aliphatic rings. The third-order valence-corrected chi connectivity index (χ3v) is 5.08. The van der Waals surface area contributed by atoms with E-state index in [-0.39, 0.29) is 41.7 Å². The van der Waals surface area contributed by atoms with Gasteiger partial charge in [-0.1, -0.05) is 0 Å². The second-order valence-corrected chi connectivity index (χ2v) is 7.13. The van der Waals surface area contributed by atoms with Crippen molar-refractivity contribution in [2.75, 3.05) is 27.3 Å². The summed E-state index contributed by atoms with van der Waals surface area (Å²) >= 11 is 0. The van der Waals surface area contributed by atoms with Crippen molar-refractivity contribution in [2.24, 2.45) is 0 Å². The van der Waals surface area contributed by atoms with E-state index in [1.54, 1.807) is 11.0 Å². The van der Waals surface area contributed by atoms with Crippen LogP contribution in [0.4, 0.5) is 8.78 Å². The summed E-state index contributed by atoms with van der Waals surface area (Å²) in [7, 11) is 2.83. The lowest BCUT2D eigenvalue weighted by atomic mass is 9.98. The Kier molecular flexibility index (Phi) is 7.10. The van der Waals surface area contributed by atoms with Gasteiger partial charge in [-0.2, -0.15) is 9.90 Å². The highest BCUT2D eigenvalue weighted by atomic mass is 19.3. The second-order valence-electron chi connectivity index (χ2n) is 7.13. The van der Waals surface area contributed by atoms with Crippen LogP contribution in [0.2, 0.25) is 0 Å². The van der Waals surface area contributed by atoms with Crippen molar-refractivity contribution in [1.82, 2.24) is 29.9 Å². The highest BCUT2D eigenvalue weighted by Crippen LogP contribution is 2.28. The zero-order valence-corrected chi connectivity index (χ0v) is 17.4. The summed E-state index contributed by atoms with van der Waals surface area (Å²) in [4.78, 5) is 37.2. The van der Waals surface area contributed by atoms with Crippen molar-refractivity contribution < 1.29 is 27.9 Å². The number of carbonyl (C=O) groups excluding carboxylic acids is 2. The Labute approximate surface area is 177 Å². The summed E-state index contributed by atoms with van der Waals surface area (Å²) in [6.07, 6.45) is 1.42. The van der Waals surface area contributed by atoms with Crippen LogP contribution in [0.5, 0.6) is 5.88 Å². The van der Waals surface area contributed by atoms with Gasteiger partial charge in [0, 0.05) is 25.8 Å². The lowest BCUT2D eigenvalue weighted by Gasteiger charge is -2.37. The molecule has 10 nitrogen and oxygen atoms in total. The molecule has 1 aliphatic heterocycles. The minimum Gasteiger partial charge on any atom is -0.471 e. The molecule has 0 saturated carbocycles. The molecule has 168 valence electrons. The van der Waals surface area contributed by atoms with Crippen LogP contribution in [0.25, 0.3) is 0 Å². The predicted octanol–water partition coefficient (Wildman–Crippen LogP) is 1.82. The molecule has 0 aliphatic carbocycles. The molecular weight excluding hydrogens is 414 g/mol. The normalized spacial score (nSPS) is 18.8. The molecule has 1 saturated heterocycles. The van der Waals surface area contributed by atoms with Gasteiger partial charge in [-0.3, -0.25) is 14.4 Å². The molecule has 2 aromatic heterocycles. The van der Waals surface area contributed by atoms with Gasteiger partial charge in [0.15, 0.2) is 12.3 Å². The number of alkyl halides is 2. The topological polar surface area (TPSA) is 103 Å². The molecule has 0 radical (unpaired) electrons. The second kappa shape index (κ2) is 9.77. The molecule has 2 amide bonds. The Morgan fingerprint density at radius 2 is 2.13 bits per heavy atom. The highest BCUT2D eigenvalue weighted by molar-refractivity contribution is 5.96. The minimum absolute atomic E-state index is 0.0943. The van der Waals surface area contributed by atoms with Crippen molar-refractivity contribution in [2.45, 2.75) is 38.3 Å². The molecule has 0 spiro atoms. The maximum absolute atomic E-state index is 13.2. The van der Waals surface area contributed by atoms with Crippen LogP contribution in [0.3, 0.4) is 0 Å². The van der Waals surface area contributed by atoms with E-state index in [2.05, 4.69) is 15.2 Å². The summed E-state index contributed by atoms with van der Waals surface area (Å²) in [5, 5.41) is 9.45. The van der Waals surface area contributed by atoms with E-state index in [4.69, 9.17) is 9.57 Å². The van der Waals surface area contributed by atoms with Crippen molar-refractivity contribution in [3.05, 3.63) is 35.8 Å². The third kappa shape index (κ3) is 5.13. The van der Waals surface area contributed by atoms with Crippen LogP contribution < -0.4 is 4.74 Å². The molecule has 2 atom stereocenters. The Hall–Kier alpha value is -3.15. The fourth-order valence-electron chi connectivity index (χ4n) is 3.32. The van der Waals surface area contributed by atoms with Gasteiger partial charge >= 0.3 is 0 Å². The first-order valence-electron chi connectivity index (χ1n) is 9.72. The Balaban J connectivity index is 1.77. The number of pyridine rings is 1. The number of nitrogens with zero attached hydrogens (tertiary/aromatic N) is 6. The average molecular weight is 438 g/mol. The quantitative estimate of drug-likeness (QED) is 0.608. The molecular formula is C19H24F2N6O4. The molecule has 31 heavy (non-hydrogen) atoms. The van der Waals surface area contributed by atoms with Crippen molar-refractivity contribution in [3.63, 3.8) is 0 Å². The molecule has 2 aromatic rings. The Bertz CT molecular complexity index is 924. The van der Waals surface area contributed by atoms with Crippen LogP contribution in [-0.2, 0) is 4.84 Å². The number of aromatic nitrogens is 4. The lowest BCUT2D eigenvalue weighted by Crippen LogP contribution is -2.46. The SMILES string of the molecule is CON(C)C(=O)c1cnn([C@@H]2CC[C@@H](C)N(C(=O)c3cccnc3OCC(F)F)C2)n1. The molecule has 1 fully saturated rings. The third-order valence-electron chi connectivity index (χ3n) is 5.08.